The molecule has 0 fully saturated rings. The number of aryl methyl sites for hydroxylation is 1. The number of fused-ring (bicyclic) bond motifs is 1. The molecule has 1 aliphatic rings. The number of benzene rings is 1. The maximum atomic E-state index is 11.7. The van der Waals surface area contributed by atoms with Gasteiger partial charge in [0.05, 0.1) is 11.4 Å². The second-order valence-electron chi connectivity index (χ2n) is 4.33. The third-order valence-corrected chi connectivity index (χ3v) is 3.16. The maximum absolute atomic E-state index is 11.7. The number of ketones is 1. The van der Waals surface area contributed by atoms with E-state index in [1.807, 2.05) is 42.5 Å². The van der Waals surface area contributed by atoms with Gasteiger partial charge in [-0.3, -0.25) is 9.78 Å². The van der Waals surface area contributed by atoms with Gasteiger partial charge in [0.1, 0.15) is 0 Å². The maximum Gasteiger partial charge on any atom is 0.164 e. The van der Waals surface area contributed by atoms with Crippen molar-refractivity contribution in [3.8, 4) is 11.3 Å². The van der Waals surface area contributed by atoms with E-state index in [-0.39, 0.29) is 5.78 Å². The van der Waals surface area contributed by atoms with Gasteiger partial charge in [-0.15, -0.1) is 0 Å². The fraction of sp³-hybridized carbons (Fsp3) is 0.200. The molecule has 2 heteroatoms. The van der Waals surface area contributed by atoms with Gasteiger partial charge in [-0.2, -0.15) is 0 Å². The van der Waals surface area contributed by atoms with Crippen LogP contribution in [-0.2, 0) is 6.42 Å². The van der Waals surface area contributed by atoms with Crippen LogP contribution in [0, 0.1) is 0 Å². The Labute approximate surface area is 100 Å². The van der Waals surface area contributed by atoms with Crippen molar-refractivity contribution in [2.75, 3.05) is 0 Å². The smallest absolute Gasteiger partial charge is 0.164 e. The predicted molar refractivity (Wildman–Crippen MR) is 66.9 cm³/mol. The molecule has 0 saturated heterocycles. The molecule has 1 aromatic carbocycles. The molecule has 0 spiro atoms. The van der Waals surface area contributed by atoms with Crippen molar-refractivity contribution in [1.82, 2.24) is 4.98 Å². The first-order chi connectivity index (χ1) is 8.34. The Morgan fingerprint density at radius 1 is 0.941 bits per heavy atom. The van der Waals surface area contributed by atoms with E-state index in [9.17, 15) is 4.79 Å². The number of carbonyl (C=O) groups excluding carboxylic acids is 1. The lowest BCUT2D eigenvalue weighted by molar-refractivity contribution is 0.0971. The third kappa shape index (κ3) is 1.86. The van der Waals surface area contributed by atoms with Crippen LogP contribution in [0.5, 0.6) is 0 Å². The average molecular weight is 223 g/mol. The normalized spacial score (nSPS) is 14.5. The van der Waals surface area contributed by atoms with E-state index in [0.717, 1.165) is 35.4 Å². The largest absolute Gasteiger partial charge is 0.294 e. The van der Waals surface area contributed by atoms with Gasteiger partial charge < -0.3 is 0 Å². The average Bonchev–Trinajstić information content (AvgIpc) is 2.40. The van der Waals surface area contributed by atoms with Crippen molar-refractivity contribution >= 4 is 5.78 Å². The minimum absolute atomic E-state index is 0.235. The molecule has 0 atom stereocenters. The van der Waals surface area contributed by atoms with E-state index in [1.54, 1.807) is 0 Å². The fourth-order valence-electron chi connectivity index (χ4n) is 2.27. The molecule has 0 unspecified atom stereocenters. The highest BCUT2D eigenvalue weighted by Crippen LogP contribution is 2.24. The van der Waals surface area contributed by atoms with Crippen LogP contribution in [0.3, 0.4) is 0 Å². The monoisotopic (exact) mass is 223 g/mol. The number of rotatable bonds is 1. The fourth-order valence-corrected chi connectivity index (χ4v) is 2.27. The van der Waals surface area contributed by atoms with Crippen LogP contribution < -0.4 is 0 Å². The van der Waals surface area contributed by atoms with Crippen LogP contribution >= 0.6 is 0 Å². The lowest BCUT2D eigenvalue weighted by Gasteiger charge is -2.14. The quantitative estimate of drug-likeness (QED) is 0.742. The van der Waals surface area contributed by atoms with Crippen molar-refractivity contribution in [3.63, 3.8) is 0 Å². The van der Waals surface area contributed by atoms with Crippen LogP contribution in [0.25, 0.3) is 11.3 Å². The van der Waals surface area contributed by atoms with Gasteiger partial charge in [-0.25, -0.2) is 0 Å². The summed E-state index contributed by atoms with van der Waals surface area (Å²) in [5, 5.41) is 0. The van der Waals surface area contributed by atoms with Gasteiger partial charge in [0, 0.05) is 17.5 Å². The van der Waals surface area contributed by atoms with Crippen LogP contribution in [0.1, 0.15) is 28.9 Å². The summed E-state index contributed by atoms with van der Waals surface area (Å²) in [6.07, 6.45) is 2.51. The Bertz CT molecular complexity index is 560. The summed E-state index contributed by atoms with van der Waals surface area (Å²) in [6, 6.07) is 13.9. The van der Waals surface area contributed by atoms with E-state index in [1.165, 1.54) is 0 Å². The lowest BCUT2D eigenvalue weighted by Crippen LogP contribution is -2.12. The molecular formula is C15H13NO. The van der Waals surface area contributed by atoms with Crippen molar-refractivity contribution in [2.45, 2.75) is 19.3 Å². The van der Waals surface area contributed by atoms with Gasteiger partial charge >= 0.3 is 0 Å². The summed E-state index contributed by atoms with van der Waals surface area (Å²) in [4.78, 5) is 16.3. The summed E-state index contributed by atoms with van der Waals surface area (Å²) in [6.45, 7) is 0. The number of nitrogens with zero attached hydrogens (tertiary/aromatic N) is 1. The highest BCUT2D eigenvalue weighted by Gasteiger charge is 2.18. The molecule has 2 aromatic rings. The predicted octanol–water partition coefficient (Wildman–Crippen LogP) is 3.27. The van der Waals surface area contributed by atoms with E-state index >= 15 is 0 Å². The molecule has 1 aromatic heterocycles. The molecule has 0 amide bonds. The second-order valence-corrected chi connectivity index (χ2v) is 4.33. The minimum Gasteiger partial charge on any atom is -0.294 e. The second kappa shape index (κ2) is 4.13. The number of hydrogen-bond acceptors (Lipinski definition) is 2. The Morgan fingerprint density at radius 3 is 2.59 bits per heavy atom. The van der Waals surface area contributed by atoms with Crippen molar-refractivity contribution in [1.29, 1.82) is 0 Å². The van der Waals surface area contributed by atoms with E-state index < -0.39 is 0 Å². The van der Waals surface area contributed by atoms with Crippen LogP contribution in [-0.4, -0.2) is 10.8 Å². The van der Waals surface area contributed by atoms with E-state index in [2.05, 4.69) is 4.98 Å². The molecule has 0 saturated carbocycles. The molecular weight excluding hydrogens is 210 g/mol. The third-order valence-electron chi connectivity index (χ3n) is 3.16. The van der Waals surface area contributed by atoms with Crippen LogP contribution in [0.2, 0.25) is 0 Å². The van der Waals surface area contributed by atoms with Gasteiger partial charge in [0.2, 0.25) is 0 Å². The summed E-state index contributed by atoms with van der Waals surface area (Å²) < 4.78 is 0. The highest BCUT2D eigenvalue weighted by molar-refractivity contribution is 5.98. The van der Waals surface area contributed by atoms with E-state index in [4.69, 9.17) is 0 Å². The number of aromatic nitrogens is 1. The summed E-state index contributed by atoms with van der Waals surface area (Å²) in [5.41, 5.74) is 3.84. The molecule has 0 aliphatic heterocycles. The van der Waals surface area contributed by atoms with Crippen LogP contribution in [0.4, 0.5) is 0 Å². The number of hydrogen-bond donors (Lipinski definition) is 0. The zero-order chi connectivity index (χ0) is 11.7. The summed E-state index contributed by atoms with van der Waals surface area (Å²) in [7, 11) is 0. The van der Waals surface area contributed by atoms with Gasteiger partial charge in [-0.05, 0) is 25.0 Å². The molecule has 0 bridgehead atoms. The van der Waals surface area contributed by atoms with Gasteiger partial charge in [0.15, 0.2) is 5.78 Å². The van der Waals surface area contributed by atoms with Gasteiger partial charge in [-0.1, -0.05) is 30.3 Å². The minimum atomic E-state index is 0.235. The first kappa shape index (κ1) is 10.2. The molecule has 3 rings (SSSR count). The Kier molecular flexibility index (Phi) is 2.48. The number of Topliss-reactive ketones (excluding diaryl/α,β-unsaturated/α-hetero) is 1. The first-order valence-corrected chi connectivity index (χ1v) is 5.93. The topological polar surface area (TPSA) is 30.0 Å². The zero-order valence-corrected chi connectivity index (χ0v) is 9.52. The van der Waals surface area contributed by atoms with Crippen molar-refractivity contribution in [2.24, 2.45) is 0 Å². The molecule has 0 N–H and O–H groups in total. The Morgan fingerprint density at radius 2 is 1.76 bits per heavy atom. The van der Waals surface area contributed by atoms with Crippen LogP contribution in [0.15, 0.2) is 42.5 Å². The molecule has 0 radical (unpaired) electrons. The number of pyridine rings is 1. The summed E-state index contributed by atoms with van der Waals surface area (Å²) in [5.74, 6) is 0.235. The highest BCUT2D eigenvalue weighted by atomic mass is 16.1. The van der Waals surface area contributed by atoms with Gasteiger partial charge in [0.25, 0.3) is 0 Å². The molecule has 1 heterocycles. The molecule has 84 valence electrons. The standard InChI is InChI=1S/C15H13NO/c17-15-8-4-7-14-12(15)9-10-13(16-14)11-5-2-1-3-6-11/h1-3,5-6,9-10H,4,7-8H2. The zero-order valence-electron chi connectivity index (χ0n) is 9.52. The Balaban J connectivity index is 2.07. The SMILES string of the molecule is O=C1CCCc2nc(-c3ccccc3)ccc21. The molecule has 2 nitrogen and oxygen atoms in total. The van der Waals surface area contributed by atoms with Crippen molar-refractivity contribution in [3.05, 3.63) is 53.7 Å². The first-order valence-electron chi connectivity index (χ1n) is 5.93. The van der Waals surface area contributed by atoms with E-state index in [0.29, 0.717) is 6.42 Å². The molecule has 17 heavy (non-hydrogen) atoms. The van der Waals surface area contributed by atoms with Crippen molar-refractivity contribution < 1.29 is 4.79 Å². The molecule has 1 aliphatic carbocycles. The Hall–Kier alpha value is -1.96. The lowest BCUT2D eigenvalue weighted by atomic mass is 9.94. The number of carbonyl (C=O) groups is 1. The summed E-state index contributed by atoms with van der Waals surface area (Å²) >= 11 is 0.